The average Bonchev–Trinajstić information content (AvgIpc) is 2.91. The van der Waals surface area contributed by atoms with E-state index in [1.54, 1.807) is 0 Å². The maximum Gasteiger partial charge on any atom is 0.223 e. The van der Waals surface area contributed by atoms with Crippen molar-refractivity contribution in [2.75, 3.05) is 31.5 Å². The van der Waals surface area contributed by atoms with Gasteiger partial charge >= 0.3 is 0 Å². The summed E-state index contributed by atoms with van der Waals surface area (Å²) in [6, 6.07) is 26.8. The van der Waals surface area contributed by atoms with E-state index in [-0.39, 0.29) is 5.91 Å². The fraction of sp³-hybridized carbons (Fsp3) is 0.300. The molecule has 184 valence electrons. The molecule has 2 heterocycles. The number of nitrogens with two attached hydrogens (primary N) is 1. The van der Waals surface area contributed by atoms with Crippen LogP contribution >= 0.6 is 0 Å². The number of primary amides is 1. The zero-order chi connectivity index (χ0) is 24.7. The molecule has 5 rings (SSSR count). The summed E-state index contributed by atoms with van der Waals surface area (Å²) in [7, 11) is 0. The lowest BCUT2D eigenvalue weighted by Crippen LogP contribution is -2.34. The summed E-state index contributed by atoms with van der Waals surface area (Å²) in [5, 5.41) is 4.52. The lowest BCUT2D eigenvalue weighted by molar-refractivity contribution is -0.117. The summed E-state index contributed by atoms with van der Waals surface area (Å²) in [6.45, 7) is 4.08. The Kier molecular flexibility index (Phi) is 7.52. The quantitative estimate of drug-likeness (QED) is 0.330. The Morgan fingerprint density at radius 2 is 1.72 bits per heavy atom. The third-order valence-electron chi connectivity index (χ3n) is 6.97. The second-order valence-corrected chi connectivity index (χ2v) is 9.56. The van der Waals surface area contributed by atoms with E-state index in [0.29, 0.717) is 18.3 Å². The molecule has 36 heavy (non-hydrogen) atoms. The van der Waals surface area contributed by atoms with Crippen LogP contribution in [-0.4, -0.2) is 47.0 Å². The van der Waals surface area contributed by atoms with Crippen molar-refractivity contribution in [3.05, 3.63) is 90.0 Å². The van der Waals surface area contributed by atoms with Crippen molar-refractivity contribution in [2.24, 2.45) is 5.73 Å². The molecule has 6 heteroatoms. The van der Waals surface area contributed by atoms with E-state index in [2.05, 4.69) is 40.5 Å². The third-order valence-corrected chi connectivity index (χ3v) is 6.97. The Morgan fingerprint density at radius 1 is 0.944 bits per heavy atom. The monoisotopic (exact) mass is 479 g/mol. The average molecular weight is 480 g/mol. The number of aromatic nitrogens is 2. The molecule has 6 nitrogen and oxygen atoms in total. The molecule has 0 spiro atoms. The number of amides is 1. The maximum absolute atomic E-state index is 11.3. The first-order valence-electron chi connectivity index (χ1n) is 12.8. The molecular formula is C30H33N5O. The molecule has 0 atom stereocenters. The van der Waals surface area contributed by atoms with E-state index in [4.69, 9.17) is 15.7 Å². The van der Waals surface area contributed by atoms with Gasteiger partial charge in [0.25, 0.3) is 0 Å². The van der Waals surface area contributed by atoms with Crippen molar-refractivity contribution in [2.45, 2.75) is 31.6 Å². The van der Waals surface area contributed by atoms with Gasteiger partial charge in [-0.1, -0.05) is 72.8 Å². The number of anilines is 1. The van der Waals surface area contributed by atoms with Crippen molar-refractivity contribution in [1.82, 2.24) is 14.9 Å². The number of para-hydroxylation sites is 1. The van der Waals surface area contributed by atoms with Crippen molar-refractivity contribution in [3.8, 4) is 11.3 Å². The second kappa shape index (κ2) is 11.3. The summed E-state index contributed by atoms with van der Waals surface area (Å²) in [4.78, 5) is 23.4. The topological polar surface area (TPSA) is 84.1 Å². The molecule has 1 aliphatic heterocycles. The highest BCUT2D eigenvalue weighted by Gasteiger charge is 2.20. The molecule has 1 aliphatic rings. The van der Waals surface area contributed by atoms with Crippen LogP contribution in [0.15, 0.2) is 78.9 Å². The summed E-state index contributed by atoms with van der Waals surface area (Å²) in [5.41, 5.74) is 10.7. The minimum absolute atomic E-state index is 0.277. The lowest BCUT2D eigenvalue weighted by Gasteiger charge is -2.32. The smallest absolute Gasteiger partial charge is 0.223 e. The van der Waals surface area contributed by atoms with E-state index in [0.717, 1.165) is 73.2 Å². The molecule has 1 aromatic heterocycles. The van der Waals surface area contributed by atoms with Crippen molar-refractivity contribution >= 4 is 22.8 Å². The van der Waals surface area contributed by atoms with Gasteiger partial charge in [-0.3, -0.25) is 4.79 Å². The van der Waals surface area contributed by atoms with E-state index in [1.165, 1.54) is 5.56 Å². The third kappa shape index (κ3) is 5.89. The number of carbonyl (C=O) groups excluding carboxylic acids is 1. The first-order chi connectivity index (χ1) is 17.7. The lowest BCUT2D eigenvalue weighted by atomic mass is 9.88. The molecule has 1 amide bonds. The first-order valence-corrected chi connectivity index (χ1v) is 12.8. The van der Waals surface area contributed by atoms with E-state index >= 15 is 0 Å². The molecular weight excluding hydrogens is 446 g/mol. The number of hydrogen-bond acceptors (Lipinski definition) is 5. The van der Waals surface area contributed by atoms with E-state index < -0.39 is 0 Å². The van der Waals surface area contributed by atoms with Crippen molar-refractivity contribution in [3.63, 3.8) is 0 Å². The Hall–Kier alpha value is -3.77. The highest BCUT2D eigenvalue weighted by molar-refractivity contribution is 5.93. The van der Waals surface area contributed by atoms with Crippen LogP contribution in [0, 0.1) is 0 Å². The predicted octanol–water partition coefficient (Wildman–Crippen LogP) is 5.01. The number of nitrogens with zero attached hydrogens (tertiary/aromatic N) is 3. The van der Waals surface area contributed by atoms with Crippen LogP contribution < -0.4 is 11.1 Å². The van der Waals surface area contributed by atoms with Gasteiger partial charge < -0.3 is 16.0 Å². The van der Waals surface area contributed by atoms with Crippen molar-refractivity contribution < 1.29 is 4.79 Å². The van der Waals surface area contributed by atoms with Gasteiger partial charge in [-0.15, -0.1) is 0 Å². The number of nitrogens with one attached hydrogen (secondary N) is 1. The Bertz CT molecular complexity index is 1320. The van der Waals surface area contributed by atoms with Gasteiger partial charge in [-0.05, 0) is 62.0 Å². The largest absolute Gasteiger partial charge is 0.369 e. The van der Waals surface area contributed by atoms with Crippen LogP contribution in [0.1, 0.15) is 36.3 Å². The molecule has 0 unspecified atom stereocenters. The number of benzene rings is 3. The minimum atomic E-state index is -0.277. The van der Waals surface area contributed by atoms with Gasteiger partial charge in [0.05, 0.1) is 17.6 Å². The first kappa shape index (κ1) is 23.9. The molecule has 0 bridgehead atoms. The highest BCUT2D eigenvalue weighted by Crippen LogP contribution is 2.29. The van der Waals surface area contributed by atoms with Gasteiger partial charge in [-0.2, -0.15) is 0 Å². The SMILES string of the molecule is NC(=O)Cc1cccc(C2CCN(CCCNc3nc(-c4ccccc4)c4ccccc4n3)CC2)c1. The zero-order valence-electron chi connectivity index (χ0n) is 20.6. The number of hydrogen-bond donors (Lipinski definition) is 2. The van der Waals surface area contributed by atoms with Crippen LogP contribution in [0.2, 0.25) is 0 Å². The predicted molar refractivity (Wildman–Crippen MR) is 146 cm³/mol. The molecule has 1 saturated heterocycles. The normalized spacial score (nSPS) is 14.7. The fourth-order valence-electron chi connectivity index (χ4n) is 5.12. The van der Waals surface area contributed by atoms with Gasteiger partial charge in [0.1, 0.15) is 0 Å². The molecule has 0 saturated carbocycles. The van der Waals surface area contributed by atoms with Gasteiger partial charge in [-0.25, -0.2) is 9.97 Å². The summed E-state index contributed by atoms with van der Waals surface area (Å²) < 4.78 is 0. The standard InChI is InChI=1S/C30H33N5O/c31-28(36)21-22-8-6-11-25(20-22)23-14-18-35(19-15-23)17-7-16-32-30-33-27-13-5-4-12-26(27)29(34-30)24-9-2-1-3-10-24/h1-6,8-13,20,23H,7,14-19,21H2,(H2,31,36)(H,32,33,34). The number of carbonyl (C=O) groups is 1. The highest BCUT2D eigenvalue weighted by atomic mass is 16.1. The molecule has 3 N–H and O–H groups in total. The Labute approximate surface area is 212 Å². The van der Waals surface area contributed by atoms with Crippen LogP contribution in [-0.2, 0) is 11.2 Å². The van der Waals surface area contributed by atoms with Crippen LogP contribution in [0.25, 0.3) is 22.2 Å². The number of rotatable bonds is 9. The zero-order valence-corrected chi connectivity index (χ0v) is 20.6. The van der Waals surface area contributed by atoms with Crippen LogP contribution in [0.4, 0.5) is 5.95 Å². The number of fused-ring (bicyclic) bond motifs is 1. The molecule has 4 aromatic rings. The Morgan fingerprint density at radius 3 is 2.53 bits per heavy atom. The van der Waals surface area contributed by atoms with Crippen LogP contribution in [0.3, 0.4) is 0 Å². The molecule has 0 radical (unpaired) electrons. The van der Waals surface area contributed by atoms with Gasteiger partial charge in [0.15, 0.2) is 0 Å². The summed E-state index contributed by atoms with van der Waals surface area (Å²) >= 11 is 0. The fourth-order valence-corrected chi connectivity index (χ4v) is 5.12. The van der Waals surface area contributed by atoms with Gasteiger partial charge in [0, 0.05) is 17.5 Å². The molecule has 1 fully saturated rings. The Balaban J connectivity index is 1.14. The van der Waals surface area contributed by atoms with Gasteiger partial charge in [0.2, 0.25) is 11.9 Å². The second-order valence-electron chi connectivity index (χ2n) is 9.56. The van der Waals surface area contributed by atoms with Crippen LogP contribution in [0.5, 0.6) is 0 Å². The summed E-state index contributed by atoms with van der Waals surface area (Å²) in [5.74, 6) is 0.956. The van der Waals surface area contributed by atoms with E-state index in [9.17, 15) is 4.79 Å². The maximum atomic E-state index is 11.3. The number of likely N-dealkylation sites (tertiary alicyclic amines) is 1. The summed E-state index contributed by atoms with van der Waals surface area (Å²) in [6.07, 6.45) is 3.63. The minimum Gasteiger partial charge on any atom is -0.369 e. The van der Waals surface area contributed by atoms with E-state index in [1.807, 2.05) is 48.5 Å². The number of piperidine rings is 1. The molecule has 0 aliphatic carbocycles. The molecule has 3 aromatic carbocycles. The van der Waals surface area contributed by atoms with Crippen molar-refractivity contribution in [1.29, 1.82) is 0 Å².